The van der Waals surface area contributed by atoms with Crippen molar-refractivity contribution in [3.63, 3.8) is 0 Å². The first-order valence-corrected chi connectivity index (χ1v) is 3.11. The van der Waals surface area contributed by atoms with Crippen LogP contribution in [-0.2, 0) is 0 Å². The maximum Gasteiger partial charge on any atom is 0.283 e. The number of aliphatic hydroxyl groups is 1. The third-order valence-electron chi connectivity index (χ3n) is 0.406. The number of rotatable bonds is 0. The predicted octanol–water partition coefficient (Wildman–Crippen LogP) is 1.64. The first-order valence-electron chi connectivity index (χ1n) is 1.90. The minimum absolute atomic E-state index is 0.583. The average molecular weight is 163 g/mol. The monoisotopic (exact) mass is 162 g/mol. The molecule has 1 heterocycles. The predicted molar refractivity (Wildman–Crippen MR) is 34.7 cm³/mol. The molecule has 0 amide bonds. The summed E-state index contributed by atoms with van der Waals surface area (Å²) in [5, 5.41) is 16.2. The molecule has 0 aliphatic heterocycles. The van der Waals surface area contributed by atoms with E-state index < -0.39 is 0 Å². The van der Waals surface area contributed by atoms with Crippen LogP contribution in [0.15, 0.2) is 11.4 Å². The van der Waals surface area contributed by atoms with Crippen molar-refractivity contribution in [3.05, 3.63) is 16.6 Å². The van der Waals surface area contributed by atoms with Crippen LogP contribution in [0.4, 0.5) is 0 Å². The minimum Gasteiger partial charge on any atom is -0.443 e. The third kappa shape index (κ3) is 5.07. The van der Waals surface area contributed by atoms with Crippen LogP contribution in [0.3, 0.4) is 0 Å². The van der Waals surface area contributed by atoms with Gasteiger partial charge in [-0.3, -0.25) is 0 Å². The van der Waals surface area contributed by atoms with Gasteiger partial charge in [-0.1, -0.05) is 11.6 Å². The van der Waals surface area contributed by atoms with Crippen LogP contribution in [-0.4, -0.2) is 9.48 Å². The first kappa shape index (κ1) is 8.21. The van der Waals surface area contributed by atoms with Crippen LogP contribution in [0, 0.1) is 11.5 Å². The fraction of sp³-hybridized carbons (Fsp3) is 0. The zero-order valence-electron chi connectivity index (χ0n) is 4.28. The number of nitrogens with zero attached hydrogens (tertiary/aromatic N) is 2. The number of hydrogen-bond donors (Lipinski definition) is 1. The summed E-state index contributed by atoms with van der Waals surface area (Å²) in [6.07, 6.45) is 0.750. The van der Waals surface area contributed by atoms with Crippen molar-refractivity contribution < 1.29 is 5.11 Å². The Labute approximate surface area is 61.3 Å². The molecule has 0 aliphatic rings. The zero-order valence-corrected chi connectivity index (χ0v) is 5.85. The summed E-state index contributed by atoms with van der Waals surface area (Å²) in [7, 11) is 0. The summed E-state index contributed by atoms with van der Waals surface area (Å²) in [6.45, 7) is 0. The fourth-order valence-corrected chi connectivity index (χ4v) is 0.867. The van der Waals surface area contributed by atoms with Crippen molar-refractivity contribution in [2.75, 3.05) is 0 Å². The maximum atomic E-state index is 6.88. The maximum absolute atomic E-state index is 6.88. The minimum atomic E-state index is 0.583. The zero-order chi connectivity index (χ0) is 7.11. The van der Waals surface area contributed by atoms with Crippen LogP contribution in [0.2, 0.25) is 5.15 Å². The lowest BCUT2D eigenvalue weighted by molar-refractivity contribution is 0.503. The normalized spacial score (nSPS) is 6.67. The van der Waals surface area contributed by atoms with Gasteiger partial charge in [0, 0.05) is 5.38 Å². The number of hydrogen-bond acceptors (Lipinski definition) is 4. The Morgan fingerprint density at radius 1 is 1.89 bits per heavy atom. The highest BCUT2D eigenvalue weighted by atomic mass is 35.5. The SMILES string of the molecule is Clc1ccsn1.N#CO. The van der Waals surface area contributed by atoms with E-state index in [-0.39, 0.29) is 0 Å². The molecule has 0 fully saturated rings. The van der Waals surface area contributed by atoms with E-state index in [4.69, 9.17) is 22.0 Å². The Bertz CT molecular complexity index is 181. The highest BCUT2D eigenvalue weighted by Crippen LogP contribution is 2.04. The quantitative estimate of drug-likeness (QED) is 0.590. The van der Waals surface area contributed by atoms with E-state index in [1.165, 1.54) is 11.5 Å². The van der Waals surface area contributed by atoms with Crippen molar-refractivity contribution in [3.8, 4) is 6.26 Å². The molecule has 1 N–H and O–H groups in total. The summed E-state index contributed by atoms with van der Waals surface area (Å²) in [5.74, 6) is 0. The van der Waals surface area contributed by atoms with Crippen molar-refractivity contribution in [1.82, 2.24) is 4.37 Å². The van der Waals surface area contributed by atoms with Gasteiger partial charge in [0.05, 0.1) is 0 Å². The van der Waals surface area contributed by atoms with Crippen LogP contribution in [0.5, 0.6) is 0 Å². The van der Waals surface area contributed by atoms with Gasteiger partial charge in [-0.2, -0.15) is 9.64 Å². The van der Waals surface area contributed by atoms with E-state index in [0.717, 1.165) is 6.26 Å². The Balaban J connectivity index is 0.000000187. The molecule has 1 aromatic rings. The molecular formula is C4H3ClN2OS. The first-order chi connectivity index (χ1) is 4.31. The number of halogens is 1. The van der Waals surface area contributed by atoms with Crippen molar-refractivity contribution in [2.24, 2.45) is 0 Å². The second-order valence-electron chi connectivity index (χ2n) is 0.922. The van der Waals surface area contributed by atoms with Crippen LogP contribution < -0.4 is 0 Å². The smallest absolute Gasteiger partial charge is 0.283 e. The van der Waals surface area contributed by atoms with Gasteiger partial charge in [0.2, 0.25) is 0 Å². The summed E-state index contributed by atoms with van der Waals surface area (Å²) >= 11 is 6.71. The molecule has 48 valence electrons. The number of aromatic nitrogens is 1. The Morgan fingerprint density at radius 3 is 2.56 bits per heavy atom. The molecule has 3 nitrogen and oxygen atoms in total. The summed E-state index contributed by atoms with van der Waals surface area (Å²) in [4.78, 5) is 0. The molecule has 0 aromatic carbocycles. The van der Waals surface area contributed by atoms with E-state index >= 15 is 0 Å². The molecule has 0 bridgehead atoms. The highest BCUT2D eigenvalue weighted by molar-refractivity contribution is 7.03. The molecule has 0 radical (unpaired) electrons. The van der Waals surface area contributed by atoms with Gasteiger partial charge in [-0.15, -0.1) is 0 Å². The van der Waals surface area contributed by atoms with E-state index in [0.29, 0.717) is 5.15 Å². The Hall–Kier alpha value is -0.790. The lowest BCUT2D eigenvalue weighted by Crippen LogP contribution is -1.46. The summed E-state index contributed by atoms with van der Waals surface area (Å²) in [6, 6.07) is 1.76. The lowest BCUT2D eigenvalue weighted by Gasteiger charge is -1.60. The summed E-state index contributed by atoms with van der Waals surface area (Å²) in [5.41, 5.74) is 0. The molecule has 0 saturated carbocycles. The van der Waals surface area contributed by atoms with Crippen molar-refractivity contribution in [1.29, 1.82) is 5.26 Å². The fourth-order valence-electron chi connectivity index (χ4n) is 0.198. The molecule has 5 heteroatoms. The van der Waals surface area contributed by atoms with Crippen LogP contribution in [0.1, 0.15) is 0 Å². The Morgan fingerprint density at radius 2 is 2.44 bits per heavy atom. The van der Waals surface area contributed by atoms with E-state index in [9.17, 15) is 0 Å². The number of aliphatic hydroxyl groups excluding tert-OH is 1. The van der Waals surface area contributed by atoms with Gasteiger partial charge in [0.25, 0.3) is 6.26 Å². The molecule has 0 aliphatic carbocycles. The second-order valence-corrected chi connectivity index (χ2v) is 1.97. The van der Waals surface area contributed by atoms with Crippen LogP contribution in [0.25, 0.3) is 0 Å². The van der Waals surface area contributed by atoms with Crippen LogP contribution >= 0.6 is 23.1 Å². The largest absolute Gasteiger partial charge is 0.443 e. The highest BCUT2D eigenvalue weighted by Gasteiger charge is 1.79. The van der Waals surface area contributed by atoms with Gasteiger partial charge >= 0.3 is 0 Å². The average Bonchev–Trinajstić information content (AvgIpc) is 2.20. The van der Waals surface area contributed by atoms with E-state index in [2.05, 4.69) is 4.37 Å². The molecule has 1 rings (SSSR count). The Kier molecular flexibility index (Phi) is 4.88. The topological polar surface area (TPSA) is 56.9 Å². The van der Waals surface area contributed by atoms with Gasteiger partial charge in [-0.05, 0) is 17.6 Å². The second kappa shape index (κ2) is 5.35. The molecule has 9 heavy (non-hydrogen) atoms. The molecule has 0 saturated heterocycles. The van der Waals surface area contributed by atoms with Crippen molar-refractivity contribution >= 4 is 23.1 Å². The standard InChI is InChI=1S/C3H2ClNS.CHNO/c4-3-1-2-6-5-3;2-1-3/h1-2H;3H. The molecular weight excluding hydrogens is 160 g/mol. The molecule has 0 atom stereocenters. The van der Waals surface area contributed by atoms with Gasteiger partial charge in [0.1, 0.15) is 5.15 Å². The third-order valence-corrected chi connectivity index (χ3v) is 1.28. The van der Waals surface area contributed by atoms with Gasteiger partial charge in [0.15, 0.2) is 0 Å². The molecule has 1 aromatic heterocycles. The van der Waals surface area contributed by atoms with Gasteiger partial charge in [-0.25, -0.2) is 0 Å². The summed E-state index contributed by atoms with van der Waals surface area (Å²) < 4.78 is 3.72. The molecule has 0 spiro atoms. The van der Waals surface area contributed by atoms with Crippen molar-refractivity contribution in [2.45, 2.75) is 0 Å². The van der Waals surface area contributed by atoms with E-state index in [1.54, 1.807) is 6.07 Å². The lowest BCUT2D eigenvalue weighted by atomic mass is 10.8. The van der Waals surface area contributed by atoms with E-state index in [1.807, 2.05) is 5.38 Å². The number of nitriles is 1. The molecule has 0 unspecified atom stereocenters. The van der Waals surface area contributed by atoms with Gasteiger partial charge < -0.3 is 5.11 Å².